The predicted octanol–water partition coefficient (Wildman–Crippen LogP) is 3.14. The van der Waals surface area contributed by atoms with E-state index < -0.39 is 0 Å². The lowest BCUT2D eigenvalue weighted by molar-refractivity contribution is -0.113. The zero-order chi connectivity index (χ0) is 12.3. The summed E-state index contributed by atoms with van der Waals surface area (Å²) < 4.78 is 13.6. The van der Waals surface area contributed by atoms with E-state index in [1.54, 1.807) is 12.1 Å². The molecule has 17 heavy (non-hydrogen) atoms. The van der Waals surface area contributed by atoms with Gasteiger partial charge in [-0.1, -0.05) is 12.5 Å². The number of hydrogen-bond acceptors (Lipinski definition) is 2. The molecule has 1 unspecified atom stereocenters. The fraction of sp³-hybridized carbons (Fsp3) is 0.462. The van der Waals surface area contributed by atoms with Gasteiger partial charge in [0.2, 0.25) is 0 Å². The summed E-state index contributed by atoms with van der Waals surface area (Å²) in [7, 11) is 0. The lowest BCUT2D eigenvalue weighted by atomic mass is 10.0. The molecular weight excluding hydrogens is 285 g/mol. The quantitative estimate of drug-likeness (QED) is 0.799. The Bertz CT molecular complexity index is 410. The number of hydrogen-bond donors (Lipinski definition) is 0. The van der Waals surface area contributed by atoms with Crippen LogP contribution in [0.2, 0.25) is 0 Å². The second-order valence-corrected chi connectivity index (χ2v) is 5.27. The summed E-state index contributed by atoms with van der Waals surface area (Å²) in [6, 6.07) is 5.04. The van der Waals surface area contributed by atoms with Crippen molar-refractivity contribution in [3.8, 4) is 0 Å². The molecular formula is C13H15BrFNO. The Kier molecular flexibility index (Phi) is 4.29. The Morgan fingerprint density at radius 3 is 3.00 bits per heavy atom. The van der Waals surface area contributed by atoms with Crippen molar-refractivity contribution < 1.29 is 9.18 Å². The molecule has 2 rings (SSSR count). The fourth-order valence-electron chi connectivity index (χ4n) is 2.24. The summed E-state index contributed by atoms with van der Waals surface area (Å²) in [5, 5.41) is 0. The number of piperidine rings is 1. The van der Waals surface area contributed by atoms with Gasteiger partial charge in [-0.15, -0.1) is 0 Å². The van der Waals surface area contributed by atoms with Crippen LogP contribution in [0.4, 0.5) is 4.39 Å². The van der Waals surface area contributed by atoms with E-state index in [2.05, 4.69) is 20.8 Å². The van der Waals surface area contributed by atoms with E-state index in [4.69, 9.17) is 0 Å². The Labute approximate surface area is 109 Å². The molecule has 0 bridgehead atoms. The van der Waals surface area contributed by atoms with Crippen LogP contribution in [0.25, 0.3) is 0 Å². The van der Waals surface area contributed by atoms with Gasteiger partial charge in [-0.25, -0.2) is 4.39 Å². The molecule has 92 valence electrons. The van der Waals surface area contributed by atoms with E-state index in [0.29, 0.717) is 11.0 Å². The number of benzene rings is 1. The first-order valence-corrected chi connectivity index (χ1v) is 6.63. The summed E-state index contributed by atoms with van der Waals surface area (Å²) >= 11 is 3.18. The molecule has 1 aromatic carbocycles. The first kappa shape index (κ1) is 12.7. The van der Waals surface area contributed by atoms with Crippen molar-refractivity contribution >= 4 is 22.2 Å². The summed E-state index contributed by atoms with van der Waals surface area (Å²) in [5.74, 6) is -0.251. The third kappa shape index (κ3) is 3.13. The number of likely N-dealkylation sites (tertiary alicyclic amines) is 1. The van der Waals surface area contributed by atoms with E-state index in [0.717, 1.165) is 37.7 Å². The maximum Gasteiger partial charge on any atom is 0.137 e. The van der Waals surface area contributed by atoms with Crippen LogP contribution in [-0.4, -0.2) is 23.8 Å². The van der Waals surface area contributed by atoms with Crippen molar-refractivity contribution in [1.29, 1.82) is 0 Å². The molecule has 1 aliphatic heterocycles. The largest absolute Gasteiger partial charge is 0.302 e. The molecule has 4 heteroatoms. The Morgan fingerprint density at radius 1 is 1.47 bits per heavy atom. The maximum absolute atomic E-state index is 13.1. The number of halogens is 2. The van der Waals surface area contributed by atoms with Crippen molar-refractivity contribution in [3.63, 3.8) is 0 Å². The van der Waals surface area contributed by atoms with Crippen molar-refractivity contribution in [2.75, 3.05) is 6.54 Å². The SMILES string of the molecule is O=CC1CCCCN1Cc1ccc(F)c(Br)c1. The topological polar surface area (TPSA) is 20.3 Å². The molecule has 0 amide bonds. The molecule has 1 atom stereocenters. The molecule has 2 nitrogen and oxygen atoms in total. The zero-order valence-electron chi connectivity index (χ0n) is 9.53. The van der Waals surface area contributed by atoms with E-state index >= 15 is 0 Å². The van der Waals surface area contributed by atoms with Crippen LogP contribution in [0, 0.1) is 5.82 Å². The van der Waals surface area contributed by atoms with Crippen LogP contribution in [-0.2, 0) is 11.3 Å². The van der Waals surface area contributed by atoms with Gasteiger partial charge in [0.1, 0.15) is 12.1 Å². The monoisotopic (exact) mass is 299 g/mol. The first-order chi connectivity index (χ1) is 8.20. The number of rotatable bonds is 3. The average molecular weight is 300 g/mol. The van der Waals surface area contributed by atoms with Crippen molar-refractivity contribution in [3.05, 3.63) is 34.1 Å². The maximum atomic E-state index is 13.1. The molecule has 0 saturated carbocycles. The van der Waals surface area contributed by atoms with Crippen molar-refractivity contribution in [1.82, 2.24) is 4.90 Å². The van der Waals surface area contributed by atoms with Crippen molar-refractivity contribution in [2.24, 2.45) is 0 Å². The molecule has 0 N–H and O–H groups in total. The van der Waals surface area contributed by atoms with Crippen molar-refractivity contribution in [2.45, 2.75) is 31.8 Å². The molecule has 0 radical (unpaired) electrons. The minimum atomic E-state index is -0.251. The lowest BCUT2D eigenvalue weighted by Crippen LogP contribution is -2.39. The normalized spacial score (nSPS) is 21.4. The van der Waals surface area contributed by atoms with Gasteiger partial charge in [0.25, 0.3) is 0 Å². The summed E-state index contributed by atoms with van der Waals surface area (Å²) in [6.45, 7) is 1.65. The van der Waals surface area contributed by atoms with E-state index in [-0.39, 0.29) is 11.9 Å². The predicted molar refractivity (Wildman–Crippen MR) is 68.2 cm³/mol. The highest BCUT2D eigenvalue weighted by Gasteiger charge is 2.21. The van der Waals surface area contributed by atoms with Gasteiger partial charge in [-0.2, -0.15) is 0 Å². The number of nitrogens with zero attached hydrogens (tertiary/aromatic N) is 1. The molecule has 1 aromatic rings. The Balaban J connectivity index is 2.08. The van der Waals surface area contributed by atoms with E-state index in [1.165, 1.54) is 6.07 Å². The van der Waals surface area contributed by atoms with Crippen LogP contribution in [0.1, 0.15) is 24.8 Å². The molecule has 0 aliphatic carbocycles. The van der Waals surface area contributed by atoms with Crippen LogP contribution in [0.5, 0.6) is 0 Å². The molecule has 0 spiro atoms. The van der Waals surface area contributed by atoms with Crippen LogP contribution >= 0.6 is 15.9 Å². The molecule has 1 saturated heterocycles. The van der Waals surface area contributed by atoms with Gasteiger partial charge in [0.05, 0.1) is 10.5 Å². The Hall–Kier alpha value is -0.740. The van der Waals surface area contributed by atoms with Gasteiger partial charge in [-0.05, 0) is 53.0 Å². The number of aldehydes is 1. The van der Waals surface area contributed by atoms with E-state index in [9.17, 15) is 9.18 Å². The molecule has 1 heterocycles. The third-order valence-electron chi connectivity index (χ3n) is 3.19. The van der Waals surface area contributed by atoms with Crippen LogP contribution in [0.15, 0.2) is 22.7 Å². The van der Waals surface area contributed by atoms with Gasteiger partial charge in [-0.3, -0.25) is 4.90 Å². The second-order valence-electron chi connectivity index (χ2n) is 4.42. The lowest BCUT2D eigenvalue weighted by Gasteiger charge is -2.32. The summed E-state index contributed by atoms with van der Waals surface area (Å²) in [5.41, 5.74) is 1.03. The third-order valence-corrected chi connectivity index (χ3v) is 3.80. The average Bonchev–Trinajstić information content (AvgIpc) is 2.34. The highest BCUT2D eigenvalue weighted by molar-refractivity contribution is 9.10. The molecule has 0 aromatic heterocycles. The first-order valence-electron chi connectivity index (χ1n) is 5.84. The van der Waals surface area contributed by atoms with Crippen LogP contribution in [0.3, 0.4) is 0 Å². The smallest absolute Gasteiger partial charge is 0.137 e. The molecule has 1 fully saturated rings. The second kappa shape index (κ2) is 5.74. The number of carbonyl (C=O) groups is 1. The van der Waals surface area contributed by atoms with Crippen LogP contribution < -0.4 is 0 Å². The van der Waals surface area contributed by atoms with Gasteiger partial charge in [0, 0.05) is 6.54 Å². The van der Waals surface area contributed by atoms with E-state index in [1.807, 2.05) is 0 Å². The zero-order valence-corrected chi connectivity index (χ0v) is 11.1. The summed E-state index contributed by atoms with van der Waals surface area (Å²) in [4.78, 5) is 13.1. The minimum Gasteiger partial charge on any atom is -0.302 e. The highest BCUT2D eigenvalue weighted by Crippen LogP contribution is 2.21. The van der Waals surface area contributed by atoms with Gasteiger partial charge < -0.3 is 4.79 Å². The minimum absolute atomic E-state index is 0.0209. The van der Waals surface area contributed by atoms with Gasteiger partial charge >= 0.3 is 0 Å². The standard InChI is InChI=1S/C13H15BrFNO/c14-12-7-10(4-5-13(12)15)8-16-6-2-1-3-11(16)9-17/h4-5,7,9,11H,1-3,6,8H2. The fourth-order valence-corrected chi connectivity index (χ4v) is 2.67. The molecule has 1 aliphatic rings. The summed E-state index contributed by atoms with van der Waals surface area (Å²) in [6.07, 6.45) is 4.21. The highest BCUT2D eigenvalue weighted by atomic mass is 79.9. The van der Waals surface area contributed by atoms with Gasteiger partial charge in [0.15, 0.2) is 0 Å². The Morgan fingerprint density at radius 2 is 2.29 bits per heavy atom. The number of carbonyl (C=O) groups excluding carboxylic acids is 1.